The van der Waals surface area contributed by atoms with Gasteiger partial charge in [-0.2, -0.15) is 0 Å². The van der Waals surface area contributed by atoms with E-state index in [0.717, 1.165) is 35.2 Å². The molecule has 1 N–H and O–H groups in total. The molecule has 1 aliphatic rings. The Balaban J connectivity index is 1.47. The van der Waals surface area contributed by atoms with Crippen molar-refractivity contribution in [1.29, 1.82) is 0 Å². The Morgan fingerprint density at radius 3 is 2.78 bits per heavy atom. The van der Waals surface area contributed by atoms with E-state index in [0.29, 0.717) is 11.4 Å². The summed E-state index contributed by atoms with van der Waals surface area (Å²) in [5.74, 6) is 0.777. The molecule has 1 fully saturated rings. The minimum absolute atomic E-state index is 0.236. The van der Waals surface area contributed by atoms with Gasteiger partial charge in [0.15, 0.2) is 0 Å². The summed E-state index contributed by atoms with van der Waals surface area (Å²) < 4.78 is 0. The molecular weight excluding hydrogens is 358 g/mol. The van der Waals surface area contributed by atoms with Crippen LogP contribution in [0, 0.1) is 6.92 Å². The molecule has 0 radical (unpaired) electrons. The van der Waals surface area contributed by atoms with Gasteiger partial charge in [0, 0.05) is 24.7 Å². The lowest BCUT2D eigenvalue weighted by Crippen LogP contribution is -2.30. The molecule has 1 aliphatic heterocycles. The first-order valence-electron chi connectivity index (χ1n) is 9.10. The highest BCUT2D eigenvalue weighted by atomic mass is 32.1. The molecule has 0 unspecified atom stereocenters. The van der Waals surface area contributed by atoms with Crippen molar-refractivity contribution in [3.63, 3.8) is 0 Å². The summed E-state index contributed by atoms with van der Waals surface area (Å²) in [7, 11) is 0. The van der Waals surface area contributed by atoms with E-state index in [1.807, 2.05) is 31.2 Å². The van der Waals surface area contributed by atoms with E-state index in [1.54, 1.807) is 17.8 Å². The molecular formula is C20H21N5OS. The summed E-state index contributed by atoms with van der Waals surface area (Å²) in [6.07, 6.45) is 7.15. The number of aromatic nitrogens is 3. The first kappa shape index (κ1) is 17.6. The number of piperidine rings is 1. The summed E-state index contributed by atoms with van der Waals surface area (Å²) in [5, 5.41) is 5.38. The van der Waals surface area contributed by atoms with E-state index < -0.39 is 0 Å². The van der Waals surface area contributed by atoms with Crippen molar-refractivity contribution >= 4 is 28.7 Å². The highest BCUT2D eigenvalue weighted by Gasteiger charge is 2.16. The number of carbonyl (C=O) groups is 1. The molecule has 6 nitrogen and oxygen atoms in total. The van der Waals surface area contributed by atoms with Gasteiger partial charge in [0.05, 0.1) is 17.6 Å². The van der Waals surface area contributed by atoms with Crippen molar-refractivity contribution in [1.82, 2.24) is 15.0 Å². The van der Waals surface area contributed by atoms with Crippen LogP contribution in [0.5, 0.6) is 0 Å². The van der Waals surface area contributed by atoms with E-state index >= 15 is 0 Å². The van der Waals surface area contributed by atoms with E-state index in [1.165, 1.54) is 30.6 Å². The van der Waals surface area contributed by atoms with E-state index in [2.05, 4.69) is 25.2 Å². The maximum atomic E-state index is 12.5. The lowest BCUT2D eigenvalue weighted by atomic mass is 10.1. The quantitative estimate of drug-likeness (QED) is 0.737. The van der Waals surface area contributed by atoms with Crippen LogP contribution in [-0.2, 0) is 0 Å². The zero-order chi connectivity index (χ0) is 18.6. The number of thiazole rings is 1. The summed E-state index contributed by atoms with van der Waals surface area (Å²) in [6, 6.07) is 7.61. The third-order valence-corrected chi connectivity index (χ3v) is 5.45. The monoisotopic (exact) mass is 379 g/mol. The highest BCUT2D eigenvalue weighted by Crippen LogP contribution is 2.25. The minimum Gasteiger partial charge on any atom is -0.356 e. The Kier molecular flexibility index (Phi) is 5.11. The summed E-state index contributed by atoms with van der Waals surface area (Å²) in [6.45, 7) is 4.14. The van der Waals surface area contributed by atoms with Gasteiger partial charge in [-0.25, -0.2) is 9.97 Å². The van der Waals surface area contributed by atoms with E-state index in [-0.39, 0.29) is 5.91 Å². The third-order valence-electron chi connectivity index (χ3n) is 4.58. The second-order valence-corrected chi connectivity index (χ2v) is 7.48. The standard InChI is InChI=1S/C20H21N5OS/c1-14-11-15(12-22-18(14)25-9-5-2-6-10-25)23-19(26)17-13-27-20(24-17)16-7-3-4-8-21-16/h3-4,7-8,11-13H,2,5-6,9-10H2,1H3,(H,23,26). The van der Waals surface area contributed by atoms with Gasteiger partial charge in [-0.3, -0.25) is 9.78 Å². The van der Waals surface area contributed by atoms with Gasteiger partial charge < -0.3 is 10.2 Å². The van der Waals surface area contributed by atoms with Gasteiger partial charge in [0.1, 0.15) is 16.5 Å². The predicted molar refractivity (Wildman–Crippen MR) is 108 cm³/mol. The molecule has 0 aliphatic carbocycles. The van der Waals surface area contributed by atoms with Gasteiger partial charge in [-0.1, -0.05) is 6.07 Å². The smallest absolute Gasteiger partial charge is 0.275 e. The average molecular weight is 379 g/mol. The van der Waals surface area contributed by atoms with Crippen LogP contribution in [0.4, 0.5) is 11.5 Å². The molecule has 1 amide bonds. The summed E-state index contributed by atoms with van der Waals surface area (Å²) >= 11 is 1.41. The Bertz CT molecular complexity index is 935. The molecule has 4 rings (SSSR count). The second-order valence-electron chi connectivity index (χ2n) is 6.62. The fraction of sp³-hybridized carbons (Fsp3) is 0.300. The Labute approximate surface area is 162 Å². The largest absolute Gasteiger partial charge is 0.356 e. The number of hydrogen-bond acceptors (Lipinski definition) is 6. The van der Waals surface area contributed by atoms with Crippen LogP contribution in [0.25, 0.3) is 10.7 Å². The van der Waals surface area contributed by atoms with Crippen molar-refractivity contribution in [3.05, 3.63) is 53.3 Å². The highest BCUT2D eigenvalue weighted by molar-refractivity contribution is 7.13. The van der Waals surface area contributed by atoms with Gasteiger partial charge in [-0.05, 0) is 49.9 Å². The molecule has 0 saturated carbocycles. The predicted octanol–water partition coefficient (Wildman–Crippen LogP) is 4.15. The molecule has 0 bridgehead atoms. The first-order valence-corrected chi connectivity index (χ1v) is 9.98. The number of nitrogens with one attached hydrogen (secondary N) is 1. The molecule has 3 aromatic rings. The lowest BCUT2D eigenvalue weighted by Gasteiger charge is -2.29. The van der Waals surface area contributed by atoms with Gasteiger partial charge in [0.2, 0.25) is 0 Å². The zero-order valence-electron chi connectivity index (χ0n) is 15.2. The van der Waals surface area contributed by atoms with Crippen LogP contribution in [-0.4, -0.2) is 33.9 Å². The average Bonchev–Trinajstić information content (AvgIpc) is 3.20. The van der Waals surface area contributed by atoms with Gasteiger partial charge >= 0.3 is 0 Å². The molecule has 4 heterocycles. The summed E-state index contributed by atoms with van der Waals surface area (Å²) in [4.78, 5) is 28.1. The van der Waals surface area contributed by atoms with Crippen molar-refractivity contribution in [2.75, 3.05) is 23.3 Å². The zero-order valence-corrected chi connectivity index (χ0v) is 16.0. The number of hydrogen-bond donors (Lipinski definition) is 1. The van der Waals surface area contributed by atoms with Crippen LogP contribution in [0.2, 0.25) is 0 Å². The number of aryl methyl sites for hydroxylation is 1. The van der Waals surface area contributed by atoms with Crippen LogP contribution < -0.4 is 10.2 Å². The van der Waals surface area contributed by atoms with Gasteiger partial charge in [-0.15, -0.1) is 11.3 Å². The van der Waals surface area contributed by atoms with Crippen molar-refractivity contribution in [2.24, 2.45) is 0 Å². The number of anilines is 2. The van der Waals surface area contributed by atoms with Crippen LogP contribution in [0.1, 0.15) is 35.3 Å². The third kappa shape index (κ3) is 3.98. The SMILES string of the molecule is Cc1cc(NC(=O)c2csc(-c3ccccn3)n2)cnc1N1CCCCC1. The van der Waals surface area contributed by atoms with Gasteiger partial charge in [0.25, 0.3) is 5.91 Å². The molecule has 0 aromatic carbocycles. The minimum atomic E-state index is -0.236. The maximum absolute atomic E-state index is 12.5. The molecule has 27 heavy (non-hydrogen) atoms. The van der Waals surface area contributed by atoms with Crippen LogP contribution in [0.15, 0.2) is 42.0 Å². The Morgan fingerprint density at radius 2 is 2.04 bits per heavy atom. The van der Waals surface area contributed by atoms with Crippen LogP contribution >= 0.6 is 11.3 Å². The number of rotatable bonds is 4. The lowest BCUT2D eigenvalue weighted by molar-refractivity contribution is 0.102. The number of nitrogens with zero attached hydrogens (tertiary/aromatic N) is 4. The molecule has 0 atom stereocenters. The molecule has 1 saturated heterocycles. The van der Waals surface area contributed by atoms with Crippen molar-refractivity contribution in [3.8, 4) is 10.7 Å². The molecule has 138 valence electrons. The summed E-state index contributed by atoms with van der Waals surface area (Å²) in [5.41, 5.74) is 2.91. The second kappa shape index (κ2) is 7.84. The fourth-order valence-corrected chi connectivity index (χ4v) is 4.03. The number of pyridine rings is 2. The van der Waals surface area contributed by atoms with Crippen molar-refractivity contribution in [2.45, 2.75) is 26.2 Å². The normalized spacial score (nSPS) is 14.2. The molecule has 0 spiro atoms. The Hall–Kier alpha value is -2.80. The first-order chi connectivity index (χ1) is 13.2. The number of amides is 1. The van der Waals surface area contributed by atoms with E-state index in [4.69, 9.17) is 0 Å². The molecule has 7 heteroatoms. The maximum Gasteiger partial charge on any atom is 0.275 e. The van der Waals surface area contributed by atoms with Crippen LogP contribution in [0.3, 0.4) is 0 Å². The van der Waals surface area contributed by atoms with Crippen molar-refractivity contribution < 1.29 is 4.79 Å². The van der Waals surface area contributed by atoms with E-state index in [9.17, 15) is 4.79 Å². The molecule has 3 aromatic heterocycles. The topological polar surface area (TPSA) is 71.0 Å². The fourth-order valence-electron chi connectivity index (χ4n) is 3.25. The number of carbonyl (C=O) groups excluding carboxylic acids is 1. The Morgan fingerprint density at radius 1 is 1.19 bits per heavy atom.